The summed E-state index contributed by atoms with van der Waals surface area (Å²) in [5.74, 6) is -0.124. The molecule has 1 aliphatic rings. The van der Waals surface area contributed by atoms with E-state index in [0.29, 0.717) is 25.9 Å². The molecule has 6 heteroatoms. The maximum absolute atomic E-state index is 12.6. The Hall–Kier alpha value is -2.18. The summed E-state index contributed by atoms with van der Waals surface area (Å²) in [5, 5.41) is 3.05. The number of piperidine rings is 1. The van der Waals surface area contributed by atoms with E-state index in [4.69, 9.17) is 0 Å². The van der Waals surface area contributed by atoms with E-state index in [-0.39, 0.29) is 23.6 Å². The highest BCUT2D eigenvalue weighted by Gasteiger charge is 2.31. The highest BCUT2D eigenvalue weighted by Crippen LogP contribution is 2.23. The lowest BCUT2D eigenvalue weighted by Crippen LogP contribution is -2.43. The first kappa shape index (κ1) is 19.6. The molecular weight excluding hydrogens is 360 g/mol. The van der Waals surface area contributed by atoms with Crippen molar-refractivity contribution in [3.05, 3.63) is 71.8 Å². The van der Waals surface area contributed by atoms with Crippen LogP contribution in [0.5, 0.6) is 0 Å². The molecule has 5 nitrogen and oxygen atoms in total. The summed E-state index contributed by atoms with van der Waals surface area (Å²) in [6, 6.07) is 19.0. The highest BCUT2D eigenvalue weighted by atomic mass is 32.2. The Labute approximate surface area is 161 Å². The van der Waals surface area contributed by atoms with Crippen molar-refractivity contribution in [1.29, 1.82) is 0 Å². The molecule has 27 heavy (non-hydrogen) atoms. The summed E-state index contributed by atoms with van der Waals surface area (Å²) in [6.07, 6.45) is 1.11. The van der Waals surface area contributed by atoms with Gasteiger partial charge in [-0.15, -0.1) is 0 Å². The minimum Gasteiger partial charge on any atom is -0.349 e. The molecule has 1 saturated heterocycles. The molecule has 0 aliphatic carbocycles. The molecule has 1 atom stereocenters. The zero-order chi connectivity index (χ0) is 19.3. The fourth-order valence-electron chi connectivity index (χ4n) is 3.43. The first-order valence-electron chi connectivity index (χ1n) is 9.33. The highest BCUT2D eigenvalue weighted by molar-refractivity contribution is 7.88. The second-order valence-electron chi connectivity index (χ2n) is 7.06. The van der Waals surface area contributed by atoms with E-state index < -0.39 is 10.0 Å². The van der Waals surface area contributed by atoms with Gasteiger partial charge in [0, 0.05) is 19.0 Å². The normalized spacial score (nSPS) is 17.4. The van der Waals surface area contributed by atoms with Crippen LogP contribution in [-0.2, 0) is 20.6 Å². The van der Waals surface area contributed by atoms with Gasteiger partial charge in [-0.2, -0.15) is 0 Å². The number of nitrogens with zero attached hydrogens (tertiary/aromatic N) is 1. The van der Waals surface area contributed by atoms with E-state index in [9.17, 15) is 13.2 Å². The molecule has 1 fully saturated rings. The van der Waals surface area contributed by atoms with Crippen LogP contribution in [0.2, 0.25) is 0 Å². The van der Waals surface area contributed by atoms with Gasteiger partial charge in [0.2, 0.25) is 15.9 Å². The third kappa shape index (κ3) is 5.17. The second-order valence-corrected chi connectivity index (χ2v) is 9.03. The Balaban J connectivity index is 1.53. The van der Waals surface area contributed by atoms with E-state index in [0.717, 1.165) is 11.1 Å². The molecule has 1 heterocycles. The maximum atomic E-state index is 12.6. The van der Waals surface area contributed by atoms with Crippen LogP contribution < -0.4 is 5.32 Å². The number of nitrogens with one attached hydrogen (secondary N) is 1. The average molecular weight is 387 g/mol. The van der Waals surface area contributed by atoms with Crippen molar-refractivity contribution in [3.8, 4) is 0 Å². The molecule has 0 bridgehead atoms. The number of rotatable bonds is 6. The quantitative estimate of drug-likeness (QED) is 0.830. The van der Waals surface area contributed by atoms with E-state index in [2.05, 4.69) is 5.32 Å². The average Bonchev–Trinajstić information content (AvgIpc) is 2.69. The van der Waals surface area contributed by atoms with E-state index >= 15 is 0 Å². The molecule has 0 spiro atoms. The van der Waals surface area contributed by atoms with Crippen LogP contribution in [0.3, 0.4) is 0 Å². The fourth-order valence-corrected chi connectivity index (χ4v) is 4.99. The van der Waals surface area contributed by atoms with Crippen molar-refractivity contribution < 1.29 is 13.2 Å². The smallest absolute Gasteiger partial charge is 0.223 e. The van der Waals surface area contributed by atoms with Crippen molar-refractivity contribution in [2.24, 2.45) is 5.92 Å². The van der Waals surface area contributed by atoms with Gasteiger partial charge in [0.25, 0.3) is 0 Å². The Bertz CT molecular complexity index is 846. The molecule has 144 valence electrons. The van der Waals surface area contributed by atoms with Gasteiger partial charge >= 0.3 is 0 Å². The lowest BCUT2D eigenvalue weighted by atomic mass is 9.96. The van der Waals surface area contributed by atoms with Gasteiger partial charge in [-0.05, 0) is 30.9 Å². The van der Waals surface area contributed by atoms with E-state index in [1.165, 1.54) is 4.31 Å². The maximum Gasteiger partial charge on any atom is 0.223 e. The number of carbonyl (C=O) groups excluding carboxylic acids is 1. The zero-order valence-corrected chi connectivity index (χ0v) is 16.4. The van der Waals surface area contributed by atoms with Crippen LogP contribution in [0.25, 0.3) is 0 Å². The van der Waals surface area contributed by atoms with Crippen molar-refractivity contribution in [3.63, 3.8) is 0 Å². The Morgan fingerprint density at radius 2 is 1.59 bits per heavy atom. The number of sulfonamides is 1. The van der Waals surface area contributed by atoms with Gasteiger partial charge in [-0.1, -0.05) is 60.7 Å². The first-order chi connectivity index (χ1) is 13.0. The number of amides is 1. The third-order valence-electron chi connectivity index (χ3n) is 5.07. The summed E-state index contributed by atoms with van der Waals surface area (Å²) in [6.45, 7) is 2.76. The number of carbonyl (C=O) groups is 1. The van der Waals surface area contributed by atoms with Gasteiger partial charge < -0.3 is 5.32 Å². The van der Waals surface area contributed by atoms with Gasteiger partial charge in [0.15, 0.2) is 0 Å². The largest absolute Gasteiger partial charge is 0.349 e. The molecule has 2 aromatic rings. The van der Waals surface area contributed by atoms with E-state index in [1.54, 1.807) is 0 Å². The molecule has 1 N–H and O–H groups in total. The zero-order valence-electron chi connectivity index (χ0n) is 15.5. The number of hydrogen-bond donors (Lipinski definition) is 1. The molecule has 3 rings (SSSR count). The molecule has 2 aromatic carbocycles. The molecule has 0 radical (unpaired) electrons. The lowest BCUT2D eigenvalue weighted by molar-refractivity contribution is -0.126. The van der Waals surface area contributed by atoms with Gasteiger partial charge in [0.1, 0.15) is 0 Å². The molecule has 1 aliphatic heterocycles. The second kappa shape index (κ2) is 8.67. The summed E-state index contributed by atoms with van der Waals surface area (Å²) in [7, 11) is -3.35. The predicted molar refractivity (Wildman–Crippen MR) is 106 cm³/mol. The van der Waals surface area contributed by atoms with Crippen molar-refractivity contribution in [2.45, 2.75) is 31.6 Å². The van der Waals surface area contributed by atoms with Crippen LogP contribution in [0.15, 0.2) is 60.7 Å². The van der Waals surface area contributed by atoms with Gasteiger partial charge in [-0.25, -0.2) is 12.7 Å². The van der Waals surface area contributed by atoms with Crippen LogP contribution in [0.4, 0.5) is 0 Å². The van der Waals surface area contributed by atoms with E-state index in [1.807, 2.05) is 67.6 Å². The molecule has 0 aromatic heterocycles. The monoisotopic (exact) mass is 386 g/mol. The molecular formula is C21H26N2O3S. The van der Waals surface area contributed by atoms with Gasteiger partial charge in [0.05, 0.1) is 11.8 Å². The van der Waals surface area contributed by atoms with Crippen LogP contribution in [-0.4, -0.2) is 31.7 Å². The minimum atomic E-state index is -3.35. The standard InChI is InChI=1S/C21H26N2O3S/c1-17(19-10-6-3-7-11-19)22-21(24)20-12-14-23(15-13-20)27(25,26)16-18-8-4-2-5-9-18/h2-11,17,20H,12-16H2,1H3,(H,22,24)/t17-/m0/s1. The molecule has 0 saturated carbocycles. The summed E-state index contributed by atoms with van der Waals surface area (Å²) < 4.78 is 26.8. The van der Waals surface area contributed by atoms with Crippen molar-refractivity contribution in [1.82, 2.24) is 9.62 Å². The van der Waals surface area contributed by atoms with Crippen LogP contribution >= 0.6 is 0 Å². The van der Waals surface area contributed by atoms with Gasteiger partial charge in [-0.3, -0.25) is 4.79 Å². The topological polar surface area (TPSA) is 66.5 Å². The fraction of sp³-hybridized carbons (Fsp3) is 0.381. The third-order valence-corrected chi connectivity index (χ3v) is 6.92. The summed E-state index contributed by atoms with van der Waals surface area (Å²) in [4.78, 5) is 12.6. The summed E-state index contributed by atoms with van der Waals surface area (Å²) in [5.41, 5.74) is 1.85. The number of hydrogen-bond acceptors (Lipinski definition) is 3. The summed E-state index contributed by atoms with van der Waals surface area (Å²) >= 11 is 0. The lowest BCUT2D eigenvalue weighted by Gasteiger charge is -2.31. The van der Waals surface area contributed by atoms with Crippen molar-refractivity contribution in [2.75, 3.05) is 13.1 Å². The Morgan fingerprint density at radius 1 is 1.04 bits per heavy atom. The Morgan fingerprint density at radius 3 is 2.19 bits per heavy atom. The Kier molecular flexibility index (Phi) is 6.29. The minimum absolute atomic E-state index is 0.00598. The predicted octanol–water partition coefficient (Wildman–Crippen LogP) is 3.11. The van der Waals surface area contributed by atoms with Crippen LogP contribution in [0.1, 0.15) is 36.9 Å². The molecule has 0 unspecified atom stereocenters. The van der Waals surface area contributed by atoms with Crippen LogP contribution in [0, 0.1) is 5.92 Å². The SMILES string of the molecule is C[C@H](NC(=O)C1CCN(S(=O)(=O)Cc2ccccc2)CC1)c1ccccc1. The number of benzene rings is 2. The molecule has 1 amide bonds. The van der Waals surface area contributed by atoms with Crippen molar-refractivity contribution >= 4 is 15.9 Å². The first-order valence-corrected chi connectivity index (χ1v) is 10.9.